The number of anilines is 1. The molecule has 2 aromatic rings. The molecule has 5 nitrogen and oxygen atoms in total. The second-order valence-electron chi connectivity index (χ2n) is 4.25. The molecule has 0 unspecified atom stereocenters. The van der Waals surface area contributed by atoms with E-state index in [1.54, 1.807) is 19.4 Å². The average molecular weight is 336 g/mol. The van der Waals surface area contributed by atoms with E-state index in [9.17, 15) is 4.79 Å². The fourth-order valence-electron chi connectivity index (χ4n) is 1.73. The van der Waals surface area contributed by atoms with Gasteiger partial charge in [-0.25, -0.2) is 0 Å². The number of methoxy groups -OCH3 is 1. The molecule has 104 valence electrons. The number of nitrogens with two attached hydrogens (primary N) is 1. The molecule has 0 radical (unpaired) electrons. The van der Waals surface area contributed by atoms with Crippen molar-refractivity contribution in [1.29, 1.82) is 0 Å². The van der Waals surface area contributed by atoms with Crippen LogP contribution in [0.25, 0.3) is 0 Å². The largest absolute Gasteiger partial charge is 0.496 e. The van der Waals surface area contributed by atoms with Gasteiger partial charge in [0.05, 0.1) is 17.8 Å². The van der Waals surface area contributed by atoms with Crippen LogP contribution in [0.4, 0.5) is 5.82 Å². The molecule has 0 bridgehead atoms. The predicted octanol–water partition coefficient (Wildman–Crippen LogP) is 2.39. The zero-order chi connectivity index (χ0) is 14.7. The fraction of sp³-hybridized carbons (Fsp3) is 0.143. The van der Waals surface area contributed by atoms with E-state index in [-0.39, 0.29) is 5.56 Å². The van der Waals surface area contributed by atoms with Crippen LogP contribution >= 0.6 is 15.9 Å². The molecule has 0 atom stereocenters. The van der Waals surface area contributed by atoms with Crippen molar-refractivity contribution in [1.82, 2.24) is 4.68 Å². The normalized spacial score (nSPS) is 10.9. The van der Waals surface area contributed by atoms with Crippen LogP contribution in [-0.2, 0) is 0 Å². The van der Waals surface area contributed by atoms with Crippen molar-refractivity contribution in [3.05, 3.63) is 56.3 Å². The molecule has 0 aliphatic carbocycles. The quantitative estimate of drug-likeness (QED) is 0.875. The lowest BCUT2D eigenvalue weighted by molar-refractivity contribution is 0.412. The number of ether oxygens (including phenoxy) is 1. The molecule has 0 saturated heterocycles. The summed E-state index contributed by atoms with van der Waals surface area (Å²) in [6.07, 6.45) is 1.57. The molecule has 0 amide bonds. The molecule has 20 heavy (non-hydrogen) atoms. The summed E-state index contributed by atoms with van der Waals surface area (Å²) in [7, 11) is 1.60. The van der Waals surface area contributed by atoms with Gasteiger partial charge >= 0.3 is 0 Å². The van der Waals surface area contributed by atoms with Gasteiger partial charge in [-0.05, 0) is 58.2 Å². The molecular weight excluding hydrogens is 322 g/mol. The van der Waals surface area contributed by atoms with E-state index in [4.69, 9.17) is 10.5 Å². The SMILES string of the molecule is COc1ccc(/C=N\n2c(N)cc(C)cc2=O)cc1Br. The van der Waals surface area contributed by atoms with Crippen LogP contribution in [0, 0.1) is 6.92 Å². The Hall–Kier alpha value is -2.08. The van der Waals surface area contributed by atoms with Crippen LogP contribution in [0.15, 0.2) is 44.7 Å². The molecule has 6 heteroatoms. The molecule has 0 spiro atoms. The van der Waals surface area contributed by atoms with Crippen molar-refractivity contribution in [2.24, 2.45) is 5.10 Å². The zero-order valence-electron chi connectivity index (χ0n) is 11.1. The Morgan fingerprint density at radius 1 is 1.35 bits per heavy atom. The van der Waals surface area contributed by atoms with Gasteiger partial charge in [0.15, 0.2) is 0 Å². The Balaban J connectivity index is 2.35. The van der Waals surface area contributed by atoms with Crippen LogP contribution in [0.5, 0.6) is 5.75 Å². The Morgan fingerprint density at radius 3 is 2.70 bits per heavy atom. The second-order valence-corrected chi connectivity index (χ2v) is 5.10. The number of hydrogen-bond acceptors (Lipinski definition) is 4. The van der Waals surface area contributed by atoms with E-state index >= 15 is 0 Å². The molecule has 1 heterocycles. The number of aryl methyl sites for hydroxylation is 1. The van der Waals surface area contributed by atoms with Gasteiger partial charge < -0.3 is 10.5 Å². The predicted molar refractivity (Wildman–Crippen MR) is 83.5 cm³/mol. The average Bonchev–Trinajstić information content (AvgIpc) is 2.37. The summed E-state index contributed by atoms with van der Waals surface area (Å²) in [5.41, 5.74) is 7.16. The first-order valence-electron chi connectivity index (χ1n) is 5.88. The third kappa shape index (κ3) is 3.08. The van der Waals surface area contributed by atoms with Gasteiger partial charge in [0.1, 0.15) is 11.6 Å². The molecule has 0 fully saturated rings. The molecule has 0 saturated carbocycles. The number of rotatable bonds is 3. The number of aromatic nitrogens is 1. The van der Waals surface area contributed by atoms with E-state index in [1.165, 1.54) is 6.07 Å². The Kier molecular flexibility index (Phi) is 4.24. The molecule has 2 rings (SSSR count). The number of nitrogens with zero attached hydrogens (tertiary/aromatic N) is 2. The lowest BCUT2D eigenvalue weighted by Crippen LogP contribution is -2.19. The molecule has 2 N–H and O–H groups in total. The molecular formula is C14H14BrN3O2. The summed E-state index contributed by atoms with van der Waals surface area (Å²) in [6.45, 7) is 1.81. The fourth-order valence-corrected chi connectivity index (χ4v) is 2.29. The first-order chi connectivity index (χ1) is 9.51. The Morgan fingerprint density at radius 2 is 2.10 bits per heavy atom. The van der Waals surface area contributed by atoms with Gasteiger partial charge in [-0.3, -0.25) is 4.79 Å². The highest BCUT2D eigenvalue weighted by atomic mass is 79.9. The monoisotopic (exact) mass is 335 g/mol. The van der Waals surface area contributed by atoms with Gasteiger partial charge in [-0.2, -0.15) is 9.78 Å². The van der Waals surface area contributed by atoms with E-state index in [0.29, 0.717) is 5.82 Å². The van der Waals surface area contributed by atoms with E-state index in [2.05, 4.69) is 21.0 Å². The highest BCUT2D eigenvalue weighted by molar-refractivity contribution is 9.10. The number of nitrogen functional groups attached to an aromatic ring is 1. The van der Waals surface area contributed by atoms with E-state index in [0.717, 1.165) is 26.0 Å². The van der Waals surface area contributed by atoms with Crippen LogP contribution in [-0.4, -0.2) is 18.0 Å². The summed E-state index contributed by atoms with van der Waals surface area (Å²) >= 11 is 3.39. The highest BCUT2D eigenvalue weighted by Gasteiger charge is 2.02. The maximum Gasteiger partial charge on any atom is 0.273 e. The summed E-state index contributed by atoms with van der Waals surface area (Å²) in [5, 5.41) is 4.11. The molecule has 0 aliphatic heterocycles. The van der Waals surface area contributed by atoms with Crippen LogP contribution in [0.2, 0.25) is 0 Å². The Bertz CT molecular complexity index is 723. The Labute approximate surface area is 124 Å². The topological polar surface area (TPSA) is 69.6 Å². The maximum absolute atomic E-state index is 11.8. The van der Waals surface area contributed by atoms with Crippen molar-refractivity contribution in [3.8, 4) is 5.75 Å². The number of benzene rings is 1. The third-order valence-corrected chi connectivity index (χ3v) is 3.30. The van der Waals surface area contributed by atoms with Gasteiger partial charge in [-0.1, -0.05) is 0 Å². The maximum atomic E-state index is 11.8. The molecule has 1 aromatic heterocycles. The second kappa shape index (κ2) is 5.92. The minimum Gasteiger partial charge on any atom is -0.496 e. The molecule has 1 aromatic carbocycles. The number of halogens is 1. The zero-order valence-corrected chi connectivity index (χ0v) is 12.7. The summed E-state index contributed by atoms with van der Waals surface area (Å²) < 4.78 is 7.12. The van der Waals surface area contributed by atoms with Crippen molar-refractivity contribution in [2.75, 3.05) is 12.8 Å². The van der Waals surface area contributed by atoms with Crippen LogP contribution in [0.1, 0.15) is 11.1 Å². The van der Waals surface area contributed by atoms with Gasteiger partial charge in [-0.15, -0.1) is 0 Å². The minimum atomic E-state index is -0.258. The first-order valence-corrected chi connectivity index (χ1v) is 6.67. The van der Waals surface area contributed by atoms with E-state index in [1.807, 2.05) is 25.1 Å². The standard InChI is InChI=1S/C14H14BrN3O2/c1-9-5-13(16)18(14(19)6-9)17-8-10-3-4-12(20-2)11(15)7-10/h3-8H,16H2,1-2H3/b17-8-. The van der Waals surface area contributed by atoms with Crippen LogP contribution in [0.3, 0.4) is 0 Å². The van der Waals surface area contributed by atoms with E-state index < -0.39 is 0 Å². The van der Waals surface area contributed by atoms with Gasteiger partial charge in [0.2, 0.25) is 0 Å². The lowest BCUT2D eigenvalue weighted by atomic mass is 10.2. The van der Waals surface area contributed by atoms with Crippen molar-refractivity contribution < 1.29 is 4.74 Å². The highest BCUT2D eigenvalue weighted by Crippen LogP contribution is 2.24. The summed E-state index contributed by atoms with van der Waals surface area (Å²) in [6, 6.07) is 8.67. The summed E-state index contributed by atoms with van der Waals surface area (Å²) in [5.74, 6) is 1.04. The van der Waals surface area contributed by atoms with Crippen LogP contribution < -0.4 is 16.0 Å². The van der Waals surface area contributed by atoms with Crippen molar-refractivity contribution in [3.63, 3.8) is 0 Å². The van der Waals surface area contributed by atoms with Gasteiger partial charge in [0.25, 0.3) is 5.56 Å². The third-order valence-electron chi connectivity index (χ3n) is 2.68. The molecule has 0 aliphatic rings. The summed E-state index contributed by atoms with van der Waals surface area (Å²) in [4.78, 5) is 11.8. The number of pyridine rings is 1. The minimum absolute atomic E-state index is 0.258. The first kappa shape index (κ1) is 14.3. The lowest BCUT2D eigenvalue weighted by Gasteiger charge is -2.05. The van der Waals surface area contributed by atoms with Crippen molar-refractivity contribution >= 4 is 28.0 Å². The smallest absolute Gasteiger partial charge is 0.273 e. The van der Waals surface area contributed by atoms with Gasteiger partial charge in [0, 0.05) is 6.07 Å². The van der Waals surface area contributed by atoms with Crippen molar-refractivity contribution in [2.45, 2.75) is 6.92 Å². The number of hydrogen-bond donors (Lipinski definition) is 1.